The fourth-order valence-electron chi connectivity index (χ4n) is 3.07. The van der Waals surface area contributed by atoms with Crippen molar-refractivity contribution in [1.82, 2.24) is 0 Å². The van der Waals surface area contributed by atoms with Crippen LogP contribution in [-0.2, 0) is 9.59 Å². The first-order valence-corrected chi connectivity index (χ1v) is 9.37. The second kappa shape index (κ2) is 12.0. The van der Waals surface area contributed by atoms with Crippen LogP contribution < -0.4 is 0 Å². The van der Waals surface area contributed by atoms with E-state index >= 15 is 0 Å². The van der Waals surface area contributed by atoms with Gasteiger partial charge in [-0.15, -0.1) is 0 Å². The van der Waals surface area contributed by atoms with Gasteiger partial charge in [-0.05, 0) is 43.3 Å². The van der Waals surface area contributed by atoms with Gasteiger partial charge in [0.15, 0.2) is 5.78 Å². The fourth-order valence-corrected chi connectivity index (χ4v) is 3.07. The van der Waals surface area contributed by atoms with Crippen molar-refractivity contribution in [3.05, 3.63) is 23.3 Å². The zero-order valence-electron chi connectivity index (χ0n) is 14.9. The molecule has 0 radical (unpaired) electrons. The molecule has 0 amide bonds. The van der Waals surface area contributed by atoms with Crippen LogP contribution in [0.3, 0.4) is 0 Å². The van der Waals surface area contributed by atoms with E-state index in [1.165, 1.54) is 0 Å². The second-order valence-electron chi connectivity index (χ2n) is 6.66. The first-order valence-electron chi connectivity index (χ1n) is 9.37. The van der Waals surface area contributed by atoms with Gasteiger partial charge in [-0.3, -0.25) is 9.59 Å². The van der Waals surface area contributed by atoms with E-state index in [1.807, 2.05) is 12.2 Å². The second-order valence-corrected chi connectivity index (χ2v) is 6.66. The molecule has 1 atom stereocenters. The zero-order chi connectivity index (χ0) is 17.8. The Bertz CT molecular complexity index is 462. The third-order valence-electron chi connectivity index (χ3n) is 4.54. The standard InChI is InChI=1S/C20H32O4/c1-2-3-6-9-17(21)14-12-16-13-15-19(22)18(16)10-7-4-5-8-11-20(23)24/h12,14,17,21H,2-11,13,15H2,1H3,(H,23,24)/b14-12-. The Morgan fingerprint density at radius 3 is 2.58 bits per heavy atom. The lowest BCUT2D eigenvalue weighted by Gasteiger charge is -2.06. The molecule has 0 aromatic carbocycles. The summed E-state index contributed by atoms with van der Waals surface area (Å²) in [6, 6.07) is 0. The summed E-state index contributed by atoms with van der Waals surface area (Å²) >= 11 is 0. The van der Waals surface area contributed by atoms with Crippen LogP contribution in [0, 0.1) is 0 Å². The van der Waals surface area contributed by atoms with E-state index in [9.17, 15) is 14.7 Å². The summed E-state index contributed by atoms with van der Waals surface area (Å²) in [5.74, 6) is -0.505. The average molecular weight is 336 g/mol. The third-order valence-corrected chi connectivity index (χ3v) is 4.54. The Morgan fingerprint density at radius 1 is 1.12 bits per heavy atom. The van der Waals surface area contributed by atoms with E-state index in [2.05, 4.69) is 6.92 Å². The number of unbranched alkanes of at least 4 members (excludes halogenated alkanes) is 5. The monoisotopic (exact) mass is 336 g/mol. The molecule has 4 nitrogen and oxygen atoms in total. The minimum Gasteiger partial charge on any atom is -0.481 e. The summed E-state index contributed by atoms with van der Waals surface area (Å²) < 4.78 is 0. The summed E-state index contributed by atoms with van der Waals surface area (Å²) in [7, 11) is 0. The molecule has 0 saturated heterocycles. The van der Waals surface area contributed by atoms with Crippen molar-refractivity contribution in [2.75, 3.05) is 0 Å². The number of carbonyl (C=O) groups excluding carboxylic acids is 1. The minimum atomic E-state index is -0.742. The quantitative estimate of drug-likeness (QED) is 0.483. The lowest BCUT2D eigenvalue weighted by Crippen LogP contribution is -2.02. The van der Waals surface area contributed by atoms with Crippen molar-refractivity contribution in [2.24, 2.45) is 0 Å². The van der Waals surface area contributed by atoms with E-state index in [1.54, 1.807) is 0 Å². The summed E-state index contributed by atoms with van der Waals surface area (Å²) in [6.45, 7) is 2.14. The number of carboxylic acids is 1. The number of aliphatic hydroxyl groups excluding tert-OH is 1. The minimum absolute atomic E-state index is 0.228. The van der Waals surface area contributed by atoms with Crippen molar-refractivity contribution in [2.45, 2.75) is 90.1 Å². The van der Waals surface area contributed by atoms with Gasteiger partial charge in [-0.25, -0.2) is 0 Å². The number of hydrogen-bond acceptors (Lipinski definition) is 3. The van der Waals surface area contributed by atoms with Crippen molar-refractivity contribution in [3.8, 4) is 0 Å². The van der Waals surface area contributed by atoms with Crippen LogP contribution in [0.2, 0.25) is 0 Å². The van der Waals surface area contributed by atoms with E-state index in [0.717, 1.165) is 68.9 Å². The smallest absolute Gasteiger partial charge is 0.303 e. The van der Waals surface area contributed by atoms with Gasteiger partial charge in [0.2, 0.25) is 0 Å². The van der Waals surface area contributed by atoms with Gasteiger partial charge in [0.1, 0.15) is 0 Å². The molecular formula is C20H32O4. The summed E-state index contributed by atoms with van der Waals surface area (Å²) in [4.78, 5) is 22.5. The Morgan fingerprint density at radius 2 is 1.88 bits per heavy atom. The number of carboxylic acid groups (broad SMARTS) is 1. The molecule has 0 heterocycles. The van der Waals surface area contributed by atoms with Crippen LogP contribution in [0.15, 0.2) is 23.3 Å². The SMILES string of the molecule is CCCCCC(O)/C=C\C1=C(CCCCCCC(=O)O)C(=O)CC1. The molecule has 0 fully saturated rings. The molecular weight excluding hydrogens is 304 g/mol. The summed E-state index contributed by atoms with van der Waals surface area (Å²) in [6.07, 6.45) is 13.3. The van der Waals surface area contributed by atoms with Gasteiger partial charge in [0, 0.05) is 12.8 Å². The maximum atomic E-state index is 12.0. The predicted molar refractivity (Wildman–Crippen MR) is 95.9 cm³/mol. The highest BCUT2D eigenvalue weighted by Gasteiger charge is 2.20. The van der Waals surface area contributed by atoms with Crippen LogP contribution in [0.1, 0.15) is 84.0 Å². The number of carbonyl (C=O) groups is 2. The number of aliphatic carboxylic acids is 1. The molecule has 1 aliphatic carbocycles. The molecule has 0 saturated carbocycles. The van der Waals surface area contributed by atoms with Gasteiger partial charge in [0.25, 0.3) is 0 Å². The number of ketones is 1. The van der Waals surface area contributed by atoms with Gasteiger partial charge in [0.05, 0.1) is 6.10 Å². The zero-order valence-corrected chi connectivity index (χ0v) is 14.9. The topological polar surface area (TPSA) is 74.6 Å². The molecule has 1 aliphatic rings. The maximum absolute atomic E-state index is 12.0. The number of hydrogen-bond donors (Lipinski definition) is 2. The molecule has 0 aliphatic heterocycles. The predicted octanol–water partition coefficient (Wildman–Crippen LogP) is 4.57. The van der Waals surface area contributed by atoms with Crippen LogP contribution in [0.4, 0.5) is 0 Å². The van der Waals surface area contributed by atoms with Gasteiger partial charge >= 0.3 is 5.97 Å². The lowest BCUT2D eigenvalue weighted by atomic mass is 10.0. The molecule has 24 heavy (non-hydrogen) atoms. The molecule has 136 valence electrons. The number of Topliss-reactive ketones (excluding diaryl/α,β-unsaturated/α-hetero) is 1. The van der Waals surface area contributed by atoms with Crippen LogP contribution in [-0.4, -0.2) is 28.1 Å². The summed E-state index contributed by atoms with van der Waals surface area (Å²) in [5, 5.41) is 18.6. The highest BCUT2D eigenvalue weighted by Crippen LogP contribution is 2.28. The van der Waals surface area contributed by atoms with Crippen molar-refractivity contribution >= 4 is 11.8 Å². The Hall–Kier alpha value is -1.42. The van der Waals surface area contributed by atoms with E-state index in [0.29, 0.717) is 12.8 Å². The first-order chi connectivity index (χ1) is 11.5. The Labute approximate surface area is 145 Å². The molecule has 4 heteroatoms. The molecule has 2 N–H and O–H groups in total. The van der Waals surface area contributed by atoms with Crippen molar-refractivity contribution < 1.29 is 19.8 Å². The van der Waals surface area contributed by atoms with Crippen LogP contribution in [0.5, 0.6) is 0 Å². The van der Waals surface area contributed by atoms with Crippen molar-refractivity contribution in [3.63, 3.8) is 0 Å². The van der Waals surface area contributed by atoms with E-state index < -0.39 is 12.1 Å². The fraction of sp³-hybridized carbons (Fsp3) is 0.700. The average Bonchev–Trinajstić information content (AvgIpc) is 2.89. The van der Waals surface area contributed by atoms with Crippen LogP contribution in [0.25, 0.3) is 0 Å². The number of rotatable bonds is 13. The molecule has 0 spiro atoms. The van der Waals surface area contributed by atoms with E-state index in [4.69, 9.17) is 5.11 Å². The largest absolute Gasteiger partial charge is 0.481 e. The van der Waals surface area contributed by atoms with Gasteiger partial charge in [-0.2, -0.15) is 0 Å². The normalized spacial score (nSPS) is 16.3. The Kier molecular flexibility index (Phi) is 10.3. The van der Waals surface area contributed by atoms with Gasteiger partial charge in [-0.1, -0.05) is 51.2 Å². The third kappa shape index (κ3) is 8.44. The van der Waals surface area contributed by atoms with Gasteiger partial charge < -0.3 is 10.2 Å². The highest BCUT2D eigenvalue weighted by atomic mass is 16.4. The molecule has 0 bridgehead atoms. The Balaban J connectivity index is 2.39. The maximum Gasteiger partial charge on any atom is 0.303 e. The van der Waals surface area contributed by atoms with E-state index in [-0.39, 0.29) is 12.2 Å². The van der Waals surface area contributed by atoms with Crippen LogP contribution >= 0.6 is 0 Å². The molecule has 0 aromatic heterocycles. The number of aliphatic hydroxyl groups is 1. The first kappa shape index (κ1) is 20.6. The number of allylic oxidation sites excluding steroid dienone is 3. The highest BCUT2D eigenvalue weighted by molar-refractivity contribution is 5.99. The van der Waals surface area contributed by atoms with Crippen molar-refractivity contribution in [1.29, 1.82) is 0 Å². The summed E-state index contributed by atoms with van der Waals surface area (Å²) in [5.41, 5.74) is 2.00. The molecule has 1 rings (SSSR count). The lowest BCUT2D eigenvalue weighted by molar-refractivity contribution is -0.137. The molecule has 0 aromatic rings. The molecule has 1 unspecified atom stereocenters.